The van der Waals surface area contributed by atoms with Crippen LogP contribution in [0.1, 0.15) is 65.2 Å². The van der Waals surface area contributed by atoms with Crippen molar-refractivity contribution in [1.29, 1.82) is 0 Å². The van der Waals surface area contributed by atoms with Crippen LogP contribution in [0.5, 0.6) is 0 Å². The molecule has 0 aromatic carbocycles. The predicted molar refractivity (Wildman–Crippen MR) is 114 cm³/mol. The van der Waals surface area contributed by atoms with Crippen molar-refractivity contribution in [3.8, 4) is 0 Å². The first kappa shape index (κ1) is 20.9. The zero-order valence-electron chi connectivity index (χ0n) is 18.5. The number of ketones is 1. The number of aliphatic hydroxyl groups is 2. The third-order valence-corrected chi connectivity index (χ3v) is 10.1. The van der Waals surface area contributed by atoms with Gasteiger partial charge in [-0.25, -0.2) is 0 Å². The molecule has 1 aliphatic heterocycles. The van der Waals surface area contributed by atoms with Gasteiger partial charge in [-0.3, -0.25) is 4.79 Å². The van der Waals surface area contributed by atoms with E-state index in [0.29, 0.717) is 18.1 Å². The number of nitrogens with zero attached hydrogens (tertiary/aromatic N) is 1. The van der Waals surface area contributed by atoms with Gasteiger partial charge in [0.1, 0.15) is 11.9 Å². The fourth-order valence-corrected chi connectivity index (χ4v) is 8.21. The molecule has 0 aromatic rings. The maximum absolute atomic E-state index is 12.7. The number of hydrogen-bond donors (Lipinski definition) is 3. The van der Waals surface area contributed by atoms with Crippen molar-refractivity contribution in [1.82, 2.24) is 5.32 Å². The molecule has 0 aromatic heterocycles. The van der Waals surface area contributed by atoms with Crippen LogP contribution < -0.4 is 5.32 Å². The fourth-order valence-electron chi connectivity index (χ4n) is 8.21. The molecule has 1 saturated heterocycles. The summed E-state index contributed by atoms with van der Waals surface area (Å²) in [6.45, 7) is 6.38. The van der Waals surface area contributed by atoms with Crippen LogP contribution in [0.25, 0.3) is 0 Å². The molecule has 1 heterocycles. The van der Waals surface area contributed by atoms with E-state index in [1.807, 2.05) is 0 Å². The van der Waals surface area contributed by atoms with Gasteiger partial charge in [0.15, 0.2) is 0 Å². The molecule has 0 bridgehead atoms. The summed E-state index contributed by atoms with van der Waals surface area (Å²) in [4.78, 5) is 18.5. The predicted octanol–water partition coefficient (Wildman–Crippen LogP) is 2.52. The van der Waals surface area contributed by atoms with E-state index < -0.39 is 6.10 Å². The van der Waals surface area contributed by atoms with Gasteiger partial charge in [0.05, 0.1) is 11.8 Å². The molecular weight excluding hydrogens is 380 g/mol. The molecule has 4 saturated carbocycles. The normalized spacial score (nSPS) is 52.1. The lowest BCUT2D eigenvalue weighted by Gasteiger charge is -2.63. The minimum atomic E-state index is -0.534. The molecule has 5 aliphatic rings. The summed E-state index contributed by atoms with van der Waals surface area (Å²) in [7, 11) is 0. The molecule has 0 spiro atoms. The van der Waals surface area contributed by atoms with E-state index in [1.54, 1.807) is 0 Å². The summed E-state index contributed by atoms with van der Waals surface area (Å²) in [6.07, 6.45) is 6.94. The standard InChI is InChI=1S/C24H38N2O4/c1-23-8-5-14(26-30-15-7-10-25-12-15)11-19(23)16(13-27)22(29)21-17-3-4-20(28)24(17,2)9-6-18(21)23/h15-19,21-22,25,27,29H,3-13H2,1-2H3/b26-14+/t15-,16-,17+,18+,19?,21+,22-,23-,24+/m1/s1. The lowest BCUT2D eigenvalue weighted by atomic mass is 9.42. The Bertz CT molecular complexity index is 720. The van der Waals surface area contributed by atoms with Crippen molar-refractivity contribution in [3.05, 3.63) is 0 Å². The first-order valence-electron chi connectivity index (χ1n) is 12.1. The molecule has 6 nitrogen and oxygen atoms in total. The van der Waals surface area contributed by atoms with Crippen LogP contribution in [0.2, 0.25) is 0 Å². The highest BCUT2D eigenvalue weighted by Gasteiger charge is 2.64. The summed E-state index contributed by atoms with van der Waals surface area (Å²) in [5.74, 6) is 1.28. The molecule has 0 radical (unpaired) electrons. The molecule has 168 valence electrons. The van der Waals surface area contributed by atoms with Gasteiger partial charge >= 0.3 is 0 Å². The van der Waals surface area contributed by atoms with Gasteiger partial charge in [0, 0.05) is 37.3 Å². The van der Waals surface area contributed by atoms with E-state index in [9.17, 15) is 15.0 Å². The fraction of sp³-hybridized carbons (Fsp3) is 0.917. The SMILES string of the molecule is C[C@]12CC/C(=N\O[C@@H]3CCNC3)CC1[C@@H](CO)[C@@H](O)[C@@H]1[C@@H]2CC[C@]2(C)C(=O)CC[C@@H]12. The summed E-state index contributed by atoms with van der Waals surface area (Å²) >= 11 is 0. The Morgan fingerprint density at radius 2 is 1.97 bits per heavy atom. The zero-order chi connectivity index (χ0) is 21.1. The average Bonchev–Trinajstić information content (AvgIpc) is 3.36. The number of aliphatic hydroxyl groups excluding tert-OH is 2. The monoisotopic (exact) mass is 418 g/mol. The van der Waals surface area contributed by atoms with Crippen LogP contribution in [0.15, 0.2) is 5.16 Å². The number of carbonyl (C=O) groups excluding carboxylic acids is 1. The van der Waals surface area contributed by atoms with E-state index in [0.717, 1.165) is 63.7 Å². The summed E-state index contributed by atoms with van der Waals surface area (Å²) in [5, 5.41) is 29.7. The Labute approximate surface area is 179 Å². The minimum absolute atomic E-state index is 0.00268. The van der Waals surface area contributed by atoms with Crippen LogP contribution in [0.4, 0.5) is 0 Å². The van der Waals surface area contributed by atoms with Gasteiger partial charge in [-0.15, -0.1) is 0 Å². The largest absolute Gasteiger partial charge is 0.396 e. The number of fused-ring (bicyclic) bond motifs is 5. The number of nitrogens with one attached hydrogen (secondary N) is 1. The molecular formula is C24H38N2O4. The topological polar surface area (TPSA) is 91.2 Å². The second-order valence-electron chi connectivity index (χ2n) is 11.2. The molecule has 4 aliphatic carbocycles. The van der Waals surface area contributed by atoms with Gasteiger partial charge in [0.2, 0.25) is 0 Å². The van der Waals surface area contributed by atoms with Crippen LogP contribution in [0, 0.1) is 40.4 Å². The Hall–Kier alpha value is -0.980. The van der Waals surface area contributed by atoms with Gasteiger partial charge in [-0.05, 0) is 74.2 Å². The number of carbonyl (C=O) groups is 1. The molecule has 3 N–H and O–H groups in total. The third kappa shape index (κ3) is 3.01. The van der Waals surface area contributed by atoms with E-state index >= 15 is 0 Å². The minimum Gasteiger partial charge on any atom is -0.396 e. The van der Waals surface area contributed by atoms with E-state index in [1.165, 1.54) is 0 Å². The molecule has 6 heteroatoms. The highest BCUT2D eigenvalue weighted by atomic mass is 16.6. The van der Waals surface area contributed by atoms with Crippen molar-refractivity contribution in [2.45, 2.75) is 77.4 Å². The second-order valence-corrected chi connectivity index (χ2v) is 11.2. The first-order valence-corrected chi connectivity index (χ1v) is 12.1. The van der Waals surface area contributed by atoms with Crippen molar-refractivity contribution >= 4 is 11.5 Å². The number of oxime groups is 1. The Balaban J connectivity index is 1.41. The molecule has 1 unspecified atom stereocenters. The van der Waals surface area contributed by atoms with Crippen LogP contribution >= 0.6 is 0 Å². The van der Waals surface area contributed by atoms with Gasteiger partial charge in [-0.1, -0.05) is 19.0 Å². The van der Waals surface area contributed by atoms with Crippen molar-refractivity contribution in [2.24, 2.45) is 45.6 Å². The first-order chi connectivity index (χ1) is 14.4. The quantitative estimate of drug-likeness (QED) is 0.613. The van der Waals surface area contributed by atoms with Gasteiger partial charge < -0.3 is 20.4 Å². The summed E-state index contributed by atoms with van der Waals surface area (Å²) in [6, 6.07) is 0. The maximum Gasteiger partial charge on any atom is 0.141 e. The molecule has 0 amide bonds. The van der Waals surface area contributed by atoms with E-state index in [2.05, 4.69) is 24.3 Å². The summed E-state index contributed by atoms with van der Waals surface area (Å²) < 4.78 is 0. The lowest BCUT2D eigenvalue weighted by Crippen LogP contribution is -2.62. The highest BCUT2D eigenvalue weighted by Crippen LogP contribution is 2.66. The van der Waals surface area contributed by atoms with Gasteiger partial charge in [-0.2, -0.15) is 0 Å². The maximum atomic E-state index is 12.7. The molecule has 30 heavy (non-hydrogen) atoms. The molecule has 5 rings (SSSR count). The lowest BCUT2D eigenvalue weighted by molar-refractivity contribution is -0.188. The second kappa shape index (κ2) is 7.56. The Morgan fingerprint density at radius 3 is 2.70 bits per heavy atom. The number of hydrogen-bond acceptors (Lipinski definition) is 6. The smallest absolute Gasteiger partial charge is 0.141 e. The molecule has 5 fully saturated rings. The highest BCUT2D eigenvalue weighted by molar-refractivity contribution is 5.87. The van der Waals surface area contributed by atoms with Crippen LogP contribution in [0.3, 0.4) is 0 Å². The molecule has 9 atom stereocenters. The number of rotatable bonds is 3. The van der Waals surface area contributed by atoms with Crippen molar-refractivity contribution < 1.29 is 19.8 Å². The van der Waals surface area contributed by atoms with Crippen LogP contribution in [-0.4, -0.2) is 53.6 Å². The van der Waals surface area contributed by atoms with E-state index in [-0.39, 0.29) is 47.2 Å². The van der Waals surface area contributed by atoms with Crippen molar-refractivity contribution in [3.63, 3.8) is 0 Å². The Morgan fingerprint density at radius 1 is 1.13 bits per heavy atom. The Kier molecular flexibility index (Phi) is 5.27. The number of Topliss-reactive ketones (excluding diaryl/α,β-unsaturated/α-hetero) is 1. The zero-order valence-corrected chi connectivity index (χ0v) is 18.5. The van der Waals surface area contributed by atoms with Gasteiger partial charge in [0.25, 0.3) is 0 Å². The third-order valence-electron chi connectivity index (χ3n) is 10.1. The van der Waals surface area contributed by atoms with E-state index in [4.69, 9.17) is 4.84 Å². The van der Waals surface area contributed by atoms with Crippen molar-refractivity contribution in [2.75, 3.05) is 19.7 Å². The van der Waals surface area contributed by atoms with Crippen LogP contribution in [-0.2, 0) is 9.63 Å². The average molecular weight is 419 g/mol. The summed E-state index contributed by atoms with van der Waals surface area (Å²) in [5.41, 5.74) is 0.902.